The minimum Gasteiger partial charge on any atom is -0.399 e. The van der Waals surface area contributed by atoms with Gasteiger partial charge < -0.3 is 11.1 Å². The summed E-state index contributed by atoms with van der Waals surface area (Å²) in [5.41, 5.74) is 13.4. The van der Waals surface area contributed by atoms with Crippen LogP contribution in [0.15, 0.2) is 42.4 Å². The topological polar surface area (TPSA) is 92.7 Å². The van der Waals surface area contributed by atoms with Crippen LogP contribution in [0.4, 0.5) is 0 Å². The number of dihydropyridines is 1. The first-order chi connectivity index (χ1) is 8.61. The third-order valence-electron chi connectivity index (χ3n) is 3.09. The van der Waals surface area contributed by atoms with Gasteiger partial charge in [0.15, 0.2) is 5.66 Å². The molecule has 0 saturated heterocycles. The molecule has 1 atom stereocenters. The van der Waals surface area contributed by atoms with E-state index < -0.39 is 5.66 Å². The minimum atomic E-state index is -0.941. The molecule has 0 bridgehead atoms. The first-order valence-electron chi connectivity index (χ1n) is 5.44. The molecule has 2 aromatic rings. The first-order valence-corrected chi connectivity index (χ1v) is 5.81. The molecule has 0 aliphatic carbocycles. The van der Waals surface area contributed by atoms with E-state index in [1.54, 1.807) is 30.6 Å². The summed E-state index contributed by atoms with van der Waals surface area (Å²) in [6.07, 6.45) is 7.03. The predicted molar refractivity (Wildman–Crippen MR) is 71.5 cm³/mol. The van der Waals surface area contributed by atoms with Crippen LogP contribution < -0.4 is 16.8 Å². The summed E-state index contributed by atoms with van der Waals surface area (Å²) >= 11 is 6.20. The molecule has 5 nitrogen and oxygen atoms in total. The average Bonchev–Trinajstić information content (AvgIpc) is 2.82. The van der Waals surface area contributed by atoms with Crippen molar-refractivity contribution in [2.24, 2.45) is 11.5 Å². The fourth-order valence-corrected chi connectivity index (χ4v) is 2.31. The highest BCUT2D eigenvalue weighted by molar-refractivity contribution is 6.35. The maximum absolute atomic E-state index is 6.31. The lowest BCUT2D eigenvalue weighted by atomic mass is 9.94. The van der Waals surface area contributed by atoms with Crippen LogP contribution in [0.3, 0.4) is 0 Å². The van der Waals surface area contributed by atoms with Gasteiger partial charge in [-0.2, -0.15) is 5.10 Å². The Morgan fingerprint density at radius 3 is 2.94 bits per heavy atom. The molecule has 6 heteroatoms. The number of nitrogens with one attached hydrogen (secondary N) is 2. The van der Waals surface area contributed by atoms with Gasteiger partial charge in [-0.15, -0.1) is 0 Å². The van der Waals surface area contributed by atoms with Gasteiger partial charge in [-0.25, -0.2) is 0 Å². The molecule has 0 amide bonds. The van der Waals surface area contributed by atoms with Crippen LogP contribution in [0.5, 0.6) is 0 Å². The van der Waals surface area contributed by atoms with Crippen LogP contribution in [0.25, 0.3) is 10.9 Å². The quantitative estimate of drug-likeness (QED) is 0.622. The van der Waals surface area contributed by atoms with Gasteiger partial charge in [0, 0.05) is 10.9 Å². The summed E-state index contributed by atoms with van der Waals surface area (Å²) in [6, 6.07) is 3.70. The second-order valence-corrected chi connectivity index (χ2v) is 4.63. The molecular weight excluding hydrogens is 250 g/mol. The van der Waals surface area contributed by atoms with Crippen LogP contribution in [0.1, 0.15) is 5.56 Å². The summed E-state index contributed by atoms with van der Waals surface area (Å²) in [5.74, 6) is 0. The molecule has 1 aromatic carbocycles. The van der Waals surface area contributed by atoms with Crippen molar-refractivity contribution in [1.29, 1.82) is 0 Å². The zero-order valence-corrected chi connectivity index (χ0v) is 10.2. The van der Waals surface area contributed by atoms with Crippen molar-refractivity contribution in [1.82, 2.24) is 15.5 Å². The monoisotopic (exact) mass is 261 g/mol. The van der Waals surface area contributed by atoms with Gasteiger partial charge in [0.1, 0.15) is 0 Å². The molecule has 2 heterocycles. The summed E-state index contributed by atoms with van der Waals surface area (Å²) < 4.78 is 0. The van der Waals surface area contributed by atoms with E-state index in [0.29, 0.717) is 10.7 Å². The first kappa shape index (κ1) is 11.1. The number of allylic oxidation sites excluding steroid dienone is 2. The molecular formula is C12H12ClN5. The van der Waals surface area contributed by atoms with Gasteiger partial charge in [-0.3, -0.25) is 10.8 Å². The maximum Gasteiger partial charge on any atom is 0.153 e. The standard InChI is InChI=1S/C12H12ClN5/c13-9-5-8(4-7-6-17-18-11(7)9)12(15)10(14)2-1-3-16-12/h1-6,16H,14-15H2,(H,17,18). The number of H-pyrrole nitrogens is 1. The molecule has 0 radical (unpaired) electrons. The lowest BCUT2D eigenvalue weighted by molar-refractivity contribution is 0.457. The van der Waals surface area contributed by atoms with Crippen molar-refractivity contribution in [2.75, 3.05) is 0 Å². The Balaban J connectivity index is 2.20. The molecule has 1 aliphatic heterocycles. The van der Waals surface area contributed by atoms with Gasteiger partial charge >= 0.3 is 0 Å². The van der Waals surface area contributed by atoms with Crippen LogP contribution in [-0.4, -0.2) is 10.2 Å². The van der Waals surface area contributed by atoms with Crippen molar-refractivity contribution < 1.29 is 0 Å². The van der Waals surface area contributed by atoms with E-state index in [2.05, 4.69) is 15.5 Å². The molecule has 1 aromatic heterocycles. The number of hydrogen-bond donors (Lipinski definition) is 4. The number of halogens is 1. The van der Waals surface area contributed by atoms with Gasteiger partial charge in [0.25, 0.3) is 0 Å². The predicted octanol–water partition coefficient (Wildman–Crippen LogP) is 1.29. The molecule has 0 saturated carbocycles. The van der Waals surface area contributed by atoms with E-state index in [-0.39, 0.29) is 0 Å². The molecule has 6 N–H and O–H groups in total. The SMILES string of the molecule is NC1=CC=CNC1(N)c1cc(Cl)c2[nH]ncc2c1. The average molecular weight is 262 g/mol. The Morgan fingerprint density at radius 1 is 1.33 bits per heavy atom. The number of nitrogens with zero attached hydrogens (tertiary/aromatic N) is 1. The number of aromatic amines is 1. The van der Waals surface area contributed by atoms with E-state index in [0.717, 1.165) is 16.5 Å². The molecule has 1 aliphatic rings. The molecule has 0 fully saturated rings. The summed E-state index contributed by atoms with van der Waals surface area (Å²) in [7, 11) is 0. The number of benzene rings is 1. The van der Waals surface area contributed by atoms with E-state index in [4.69, 9.17) is 23.1 Å². The number of fused-ring (bicyclic) bond motifs is 1. The Hall–Kier alpha value is -1.98. The van der Waals surface area contributed by atoms with Gasteiger partial charge in [-0.1, -0.05) is 11.6 Å². The van der Waals surface area contributed by atoms with E-state index in [9.17, 15) is 0 Å². The van der Waals surface area contributed by atoms with Gasteiger partial charge in [-0.05, 0) is 30.5 Å². The van der Waals surface area contributed by atoms with E-state index in [1.165, 1.54) is 0 Å². The van der Waals surface area contributed by atoms with Crippen LogP contribution >= 0.6 is 11.6 Å². The zero-order valence-electron chi connectivity index (χ0n) is 9.44. The maximum atomic E-state index is 6.31. The van der Waals surface area contributed by atoms with E-state index >= 15 is 0 Å². The Morgan fingerprint density at radius 2 is 2.17 bits per heavy atom. The van der Waals surface area contributed by atoms with Crippen molar-refractivity contribution >= 4 is 22.5 Å². The van der Waals surface area contributed by atoms with Crippen LogP contribution in [0, 0.1) is 0 Å². The van der Waals surface area contributed by atoms with Crippen molar-refractivity contribution in [2.45, 2.75) is 5.66 Å². The number of nitrogens with two attached hydrogens (primary N) is 2. The van der Waals surface area contributed by atoms with Crippen molar-refractivity contribution in [3.63, 3.8) is 0 Å². The fraction of sp³-hybridized carbons (Fsp3) is 0.0833. The summed E-state index contributed by atoms with van der Waals surface area (Å²) in [5, 5.41) is 11.3. The number of aromatic nitrogens is 2. The summed E-state index contributed by atoms with van der Waals surface area (Å²) in [4.78, 5) is 0. The second-order valence-electron chi connectivity index (χ2n) is 4.23. The van der Waals surface area contributed by atoms with E-state index in [1.807, 2.05) is 6.07 Å². The molecule has 92 valence electrons. The fourth-order valence-electron chi connectivity index (χ4n) is 2.04. The summed E-state index contributed by atoms with van der Waals surface area (Å²) in [6.45, 7) is 0. The third-order valence-corrected chi connectivity index (χ3v) is 3.39. The Kier molecular flexibility index (Phi) is 2.33. The lowest BCUT2D eigenvalue weighted by Gasteiger charge is -2.33. The Labute approximate surface area is 108 Å². The highest BCUT2D eigenvalue weighted by atomic mass is 35.5. The third kappa shape index (κ3) is 1.48. The molecule has 18 heavy (non-hydrogen) atoms. The lowest BCUT2D eigenvalue weighted by Crippen LogP contribution is -2.53. The Bertz CT molecular complexity index is 672. The number of hydrogen-bond acceptors (Lipinski definition) is 4. The molecule has 0 spiro atoms. The largest absolute Gasteiger partial charge is 0.399 e. The second kappa shape index (κ2) is 3.76. The normalized spacial score (nSPS) is 22.9. The highest BCUT2D eigenvalue weighted by Crippen LogP contribution is 2.30. The van der Waals surface area contributed by atoms with Crippen LogP contribution in [-0.2, 0) is 5.66 Å². The zero-order chi connectivity index (χ0) is 12.8. The van der Waals surface area contributed by atoms with Gasteiger partial charge in [0.05, 0.1) is 22.4 Å². The molecule has 3 rings (SSSR count). The highest BCUT2D eigenvalue weighted by Gasteiger charge is 2.31. The van der Waals surface area contributed by atoms with Crippen molar-refractivity contribution in [3.8, 4) is 0 Å². The van der Waals surface area contributed by atoms with Crippen LogP contribution in [0.2, 0.25) is 5.02 Å². The van der Waals surface area contributed by atoms with Crippen molar-refractivity contribution in [3.05, 3.63) is 53.0 Å². The smallest absolute Gasteiger partial charge is 0.153 e. The minimum absolute atomic E-state index is 0.531. The molecule has 1 unspecified atom stereocenters. The number of rotatable bonds is 1. The van der Waals surface area contributed by atoms with Gasteiger partial charge in [0.2, 0.25) is 0 Å².